The lowest BCUT2D eigenvalue weighted by molar-refractivity contribution is -0.156. The van der Waals surface area contributed by atoms with Crippen molar-refractivity contribution in [3.63, 3.8) is 0 Å². The van der Waals surface area contributed by atoms with Gasteiger partial charge in [0.15, 0.2) is 0 Å². The SMILES string of the molecule is CC(NCCCCn1ccnc1)C(=O)OC(C)(C)C. The van der Waals surface area contributed by atoms with Crippen molar-refractivity contribution < 1.29 is 9.53 Å². The molecule has 1 unspecified atom stereocenters. The van der Waals surface area contributed by atoms with E-state index in [9.17, 15) is 4.79 Å². The maximum absolute atomic E-state index is 11.7. The molecule has 0 aliphatic heterocycles. The Morgan fingerprint density at radius 1 is 1.42 bits per heavy atom. The van der Waals surface area contributed by atoms with Gasteiger partial charge >= 0.3 is 5.97 Å². The maximum atomic E-state index is 11.7. The zero-order chi connectivity index (χ0) is 14.3. The molecule has 5 heteroatoms. The summed E-state index contributed by atoms with van der Waals surface area (Å²) in [6.45, 7) is 9.25. The van der Waals surface area contributed by atoms with Crippen molar-refractivity contribution in [1.82, 2.24) is 14.9 Å². The molecule has 0 bridgehead atoms. The second-order valence-corrected chi connectivity index (χ2v) is 5.72. The summed E-state index contributed by atoms with van der Waals surface area (Å²) < 4.78 is 7.35. The minimum atomic E-state index is -0.422. The maximum Gasteiger partial charge on any atom is 0.323 e. The highest BCUT2D eigenvalue weighted by molar-refractivity contribution is 5.75. The van der Waals surface area contributed by atoms with Crippen molar-refractivity contribution in [1.29, 1.82) is 0 Å². The molecule has 0 aromatic carbocycles. The Morgan fingerprint density at radius 3 is 2.74 bits per heavy atom. The van der Waals surface area contributed by atoms with Gasteiger partial charge in [-0.05, 0) is 47.1 Å². The van der Waals surface area contributed by atoms with Crippen LogP contribution < -0.4 is 5.32 Å². The third kappa shape index (κ3) is 6.96. The molecule has 0 saturated carbocycles. The first-order chi connectivity index (χ1) is 8.88. The molecule has 5 nitrogen and oxygen atoms in total. The van der Waals surface area contributed by atoms with Crippen molar-refractivity contribution in [3.8, 4) is 0 Å². The van der Waals surface area contributed by atoms with Gasteiger partial charge in [-0.15, -0.1) is 0 Å². The molecular weight excluding hydrogens is 242 g/mol. The second kappa shape index (κ2) is 7.28. The van der Waals surface area contributed by atoms with E-state index in [1.807, 2.05) is 40.2 Å². The summed E-state index contributed by atoms with van der Waals surface area (Å²) in [4.78, 5) is 15.7. The van der Waals surface area contributed by atoms with Gasteiger partial charge in [0.2, 0.25) is 0 Å². The Balaban J connectivity index is 2.10. The summed E-state index contributed by atoms with van der Waals surface area (Å²) in [6.07, 6.45) is 7.63. The number of nitrogens with zero attached hydrogens (tertiary/aromatic N) is 2. The molecule has 1 aromatic heterocycles. The first-order valence-corrected chi connectivity index (χ1v) is 6.80. The van der Waals surface area contributed by atoms with Gasteiger partial charge in [0, 0.05) is 18.9 Å². The van der Waals surface area contributed by atoms with E-state index in [1.54, 1.807) is 6.20 Å². The van der Waals surface area contributed by atoms with E-state index >= 15 is 0 Å². The van der Waals surface area contributed by atoms with Crippen LogP contribution in [-0.4, -0.2) is 33.7 Å². The topological polar surface area (TPSA) is 56.2 Å². The fourth-order valence-electron chi connectivity index (χ4n) is 1.63. The molecule has 19 heavy (non-hydrogen) atoms. The molecule has 0 amide bonds. The number of nitrogens with one attached hydrogen (secondary N) is 1. The molecule has 1 aromatic rings. The largest absolute Gasteiger partial charge is 0.459 e. The molecule has 0 aliphatic rings. The van der Waals surface area contributed by atoms with Gasteiger partial charge in [0.1, 0.15) is 11.6 Å². The molecule has 1 rings (SSSR count). The number of rotatable bonds is 7. The van der Waals surface area contributed by atoms with Crippen LogP contribution in [0.5, 0.6) is 0 Å². The van der Waals surface area contributed by atoms with Gasteiger partial charge in [-0.25, -0.2) is 4.98 Å². The zero-order valence-electron chi connectivity index (χ0n) is 12.3. The standard InChI is InChI=1S/C14H25N3O2/c1-12(13(18)19-14(2,3)4)16-7-5-6-9-17-10-8-15-11-17/h8,10-12,16H,5-7,9H2,1-4H3. The number of carbonyl (C=O) groups excluding carboxylic acids is 1. The Hall–Kier alpha value is -1.36. The van der Waals surface area contributed by atoms with E-state index in [2.05, 4.69) is 14.9 Å². The predicted octanol–water partition coefficient (Wildman–Crippen LogP) is 1.98. The predicted molar refractivity (Wildman–Crippen MR) is 74.8 cm³/mol. The van der Waals surface area contributed by atoms with Crippen LogP contribution in [0.15, 0.2) is 18.7 Å². The first-order valence-electron chi connectivity index (χ1n) is 6.80. The average Bonchev–Trinajstić information content (AvgIpc) is 2.79. The molecule has 0 saturated heterocycles. The van der Waals surface area contributed by atoms with Crippen LogP contribution in [-0.2, 0) is 16.1 Å². The third-order valence-electron chi connectivity index (χ3n) is 2.61. The van der Waals surface area contributed by atoms with E-state index < -0.39 is 5.60 Å². The van der Waals surface area contributed by atoms with Crippen LogP contribution >= 0.6 is 0 Å². The van der Waals surface area contributed by atoms with E-state index in [-0.39, 0.29) is 12.0 Å². The lowest BCUT2D eigenvalue weighted by atomic mass is 10.2. The average molecular weight is 267 g/mol. The van der Waals surface area contributed by atoms with Gasteiger partial charge in [-0.2, -0.15) is 0 Å². The monoisotopic (exact) mass is 267 g/mol. The summed E-state index contributed by atoms with van der Waals surface area (Å²) in [5.41, 5.74) is -0.422. The van der Waals surface area contributed by atoms with E-state index in [1.165, 1.54) is 0 Å². The molecule has 1 N–H and O–H groups in total. The van der Waals surface area contributed by atoms with E-state index in [4.69, 9.17) is 4.74 Å². The number of esters is 1. The van der Waals surface area contributed by atoms with Gasteiger partial charge in [-0.1, -0.05) is 0 Å². The van der Waals surface area contributed by atoms with Crippen LogP contribution in [0.4, 0.5) is 0 Å². The Kier molecular flexibility index (Phi) is 6.02. The lowest BCUT2D eigenvalue weighted by Crippen LogP contribution is -2.39. The molecular formula is C14H25N3O2. The van der Waals surface area contributed by atoms with Crippen LogP contribution in [0, 0.1) is 0 Å². The second-order valence-electron chi connectivity index (χ2n) is 5.72. The number of ether oxygens (including phenoxy) is 1. The first kappa shape index (κ1) is 15.7. The van der Waals surface area contributed by atoms with Crippen LogP contribution in [0.25, 0.3) is 0 Å². The number of imidazole rings is 1. The van der Waals surface area contributed by atoms with Crippen molar-refractivity contribution in [2.45, 2.75) is 58.7 Å². The zero-order valence-corrected chi connectivity index (χ0v) is 12.3. The number of aryl methyl sites for hydroxylation is 1. The molecule has 1 heterocycles. The fraction of sp³-hybridized carbons (Fsp3) is 0.714. The number of unbranched alkanes of at least 4 members (excludes halogenated alkanes) is 1. The van der Waals surface area contributed by atoms with Crippen LogP contribution in [0.2, 0.25) is 0 Å². The smallest absolute Gasteiger partial charge is 0.323 e. The highest BCUT2D eigenvalue weighted by Gasteiger charge is 2.20. The number of hydrogen-bond acceptors (Lipinski definition) is 4. The fourth-order valence-corrected chi connectivity index (χ4v) is 1.63. The lowest BCUT2D eigenvalue weighted by Gasteiger charge is -2.22. The van der Waals surface area contributed by atoms with E-state index in [0.717, 1.165) is 25.9 Å². The Bertz CT molecular complexity index is 369. The number of aromatic nitrogens is 2. The van der Waals surface area contributed by atoms with Crippen molar-refractivity contribution in [3.05, 3.63) is 18.7 Å². The van der Waals surface area contributed by atoms with Gasteiger partial charge < -0.3 is 14.6 Å². The minimum Gasteiger partial charge on any atom is -0.459 e. The molecule has 0 fully saturated rings. The molecule has 108 valence electrons. The highest BCUT2D eigenvalue weighted by Crippen LogP contribution is 2.08. The summed E-state index contributed by atoms with van der Waals surface area (Å²) in [5, 5.41) is 3.19. The molecule has 0 spiro atoms. The normalized spacial score (nSPS) is 13.3. The summed E-state index contributed by atoms with van der Waals surface area (Å²) in [5.74, 6) is -0.192. The van der Waals surface area contributed by atoms with Crippen LogP contribution in [0.1, 0.15) is 40.5 Å². The summed E-state index contributed by atoms with van der Waals surface area (Å²) in [6, 6.07) is -0.257. The van der Waals surface area contributed by atoms with Crippen LogP contribution in [0.3, 0.4) is 0 Å². The Labute approximate surface area is 115 Å². The summed E-state index contributed by atoms with van der Waals surface area (Å²) >= 11 is 0. The molecule has 0 aliphatic carbocycles. The highest BCUT2D eigenvalue weighted by atomic mass is 16.6. The van der Waals surface area contributed by atoms with Gasteiger partial charge in [0.05, 0.1) is 6.33 Å². The van der Waals surface area contributed by atoms with Gasteiger partial charge in [0.25, 0.3) is 0 Å². The quantitative estimate of drug-likeness (QED) is 0.606. The van der Waals surface area contributed by atoms with E-state index in [0.29, 0.717) is 0 Å². The van der Waals surface area contributed by atoms with Crippen molar-refractivity contribution in [2.24, 2.45) is 0 Å². The molecule has 0 radical (unpaired) electrons. The third-order valence-corrected chi connectivity index (χ3v) is 2.61. The summed E-state index contributed by atoms with van der Waals surface area (Å²) in [7, 11) is 0. The Morgan fingerprint density at radius 2 is 2.16 bits per heavy atom. The number of hydrogen-bond donors (Lipinski definition) is 1. The number of carbonyl (C=O) groups is 1. The minimum absolute atomic E-state index is 0.192. The van der Waals surface area contributed by atoms with Gasteiger partial charge in [-0.3, -0.25) is 4.79 Å². The van der Waals surface area contributed by atoms with Crippen molar-refractivity contribution >= 4 is 5.97 Å². The van der Waals surface area contributed by atoms with Crippen molar-refractivity contribution in [2.75, 3.05) is 6.54 Å². The molecule has 1 atom stereocenters.